The number of aromatic nitrogens is 3. The summed E-state index contributed by atoms with van der Waals surface area (Å²) in [4.78, 5) is 27.5. The lowest BCUT2D eigenvalue weighted by Gasteiger charge is -2.35. The summed E-state index contributed by atoms with van der Waals surface area (Å²) in [5.41, 5.74) is 0.212. The normalized spacial score (nSPS) is 14.8. The molecule has 4 aromatic rings. The molecule has 1 aliphatic rings. The monoisotopic (exact) mass is 442 g/mol. The van der Waals surface area contributed by atoms with Crippen LogP contribution in [0.5, 0.6) is 0 Å². The maximum absolute atomic E-state index is 13.2. The van der Waals surface area contributed by atoms with Gasteiger partial charge in [-0.15, -0.1) is 0 Å². The van der Waals surface area contributed by atoms with Crippen LogP contribution in [-0.4, -0.2) is 49.5 Å². The Morgan fingerprint density at radius 3 is 2.41 bits per heavy atom. The highest BCUT2D eigenvalue weighted by Crippen LogP contribution is 2.31. The number of β-amino-alcohol motifs (C(OH)–C–C–N with tert-alkyl or cyclic N) is 1. The molecule has 0 atom stereocenters. The largest absolute Gasteiger partial charge is 0.416 e. The summed E-state index contributed by atoms with van der Waals surface area (Å²) in [6.45, 7) is 0.502. The number of rotatable bonds is 2. The van der Waals surface area contributed by atoms with Crippen LogP contribution < -0.4 is 5.56 Å². The van der Waals surface area contributed by atoms with Crippen molar-refractivity contribution in [1.82, 2.24) is 19.2 Å². The molecule has 2 aromatic heterocycles. The number of nitrogens with zero attached hydrogens (tertiary/aromatic N) is 4. The summed E-state index contributed by atoms with van der Waals surface area (Å²) >= 11 is 0. The van der Waals surface area contributed by atoms with Crippen LogP contribution >= 0.6 is 0 Å². The molecule has 0 bridgehead atoms. The van der Waals surface area contributed by atoms with Gasteiger partial charge in [-0.1, -0.05) is 0 Å². The molecule has 1 N–H and O–H groups in total. The van der Waals surface area contributed by atoms with Gasteiger partial charge in [0.2, 0.25) is 0 Å². The molecule has 1 saturated heterocycles. The Kier molecular flexibility index (Phi) is 4.38. The lowest BCUT2D eigenvalue weighted by atomic mass is 10.0. The van der Waals surface area contributed by atoms with Crippen molar-refractivity contribution in [1.29, 1.82) is 0 Å². The number of carbonyl (C=O) groups is 1. The fourth-order valence-electron chi connectivity index (χ4n) is 3.99. The van der Waals surface area contributed by atoms with Crippen molar-refractivity contribution < 1.29 is 23.1 Å². The fraction of sp³-hybridized carbons (Fsp3) is 0.227. The average molecular weight is 442 g/mol. The van der Waals surface area contributed by atoms with Crippen LogP contribution in [0.25, 0.3) is 27.5 Å². The SMILES string of the molecule is Cn1cc2c(=O)n(-c3ccc(C(F)(F)F)cc3)c3ccc(C(=O)N4CC(O)C4)cc3c2n1. The Labute approximate surface area is 178 Å². The van der Waals surface area contributed by atoms with Crippen molar-refractivity contribution in [3.05, 3.63) is 70.1 Å². The molecule has 0 unspecified atom stereocenters. The predicted molar refractivity (Wildman–Crippen MR) is 111 cm³/mol. The second-order valence-corrected chi connectivity index (χ2v) is 7.85. The third kappa shape index (κ3) is 3.14. The molecule has 0 saturated carbocycles. The van der Waals surface area contributed by atoms with Gasteiger partial charge in [-0.3, -0.25) is 18.8 Å². The molecule has 0 aliphatic carbocycles. The van der Waals surface area contributed by atoms with E-state index in [1.165, 1.54) is 32.5 Å². The van der Waals surface area contributed by atoms with Crippen molar-refractivity contribution in [2.24, 2.45) is 7.05 Å². The number of carbonyl (C=O) groups excluding carboxylic acids is 1. The quantitative estimate of drug-likeness (QED) is 0.518. The third-order valence-corrected chi connectivity index (χ3v) is 5.60. The molecule has 0 spiro atoms. The van der Waals surface area contributed by atoms with Crippen molar-refractivity contribution in [2.75, 3.05) is 13.1 Å². The van der Waals surface area contributed by atoms with E-state index < -0.39 is 23.4 Å². The van der Waals surface area contributed by atoms with Crippen LogP contribution in [-0.2, 0) is 13.2 Å². The van der Waals surface area contributed by atoms with Gasteiger partial charge in [0.25, 0.3) is 11.5 Å². The molecule has 0 radical (unpaired) electrons. The van der Waals surface area contributed by atoms with Gasteiger partial charge in [-0.25, -0.2) is 0 Å². The first kappa shape index (κ1) is 20.3. The minimum absolute atomic E-state index is 0.251. The molecule has 32 heavy (non-hydrogen) atoms. The molecule has 1 aliphatic heterocycles. The Hall–Kier alpha value is -3.66. The fourth-order valence-corrected chi connectivity index (χ4v) is 3.99. The summed E-state index contributed by atoms with van der Waals surface area (Å²) in [5, 5.41) is 14.6. The van der Waals surface area contributed by atoms with Crippen LogP contribution in [0.15, 0.2) is 53.5 Å². The van der Waals surface area contributed by atoms with E-state index in [0.717, 1.165) is 12.1 Å². The molecule has 5 rings (SSSR count). The standard InChI is InChI=1S/C22H17F3N4O3/c1-27-11-17-19(26-27)16-8-12(20(31)28-9-15(30)10-28)2-7-18(16)29(21(17)32)14-5-3-13(4-6-14)22(23,24)25/h2-8,11,15,30H,9-10H2,1H3. The second-order valence-electron chi connectivity index (χ2n) is 7.85. The average Bonchev–Trinajstić information content (AvgIpc) is 3.13. The van der Waals surface area contributed by atoms with Crippen LogP contribution in [0.4, 0.5) is 13.2 Å². The molecule has 2 aromatic carbocycles. The van der Waals surface area contributed by atoms with Crippen LogP contribution in [0.2, 0.25) is 0 Å². The number of fused-ring (bicyclic) bond motifs is 3. The number of amides is 1. The minimum Gasteiger partial charge on any atom is -0.389 e. The van der Waals surface area contributed by atoms with E-state index in [0.29, 0.717) is 22.0 Å². The summed E-state index contributed by atoms with van der Waals surface area (Å²) in [6.07, 6.45) is -3.48. The molecule has 164 valence electrons. The second kappa shape index (κ2) is 6.92. The Balaban J connectivity index is 1.73. The number of hydrogen-bond acceptors (Lipinski definition) is 4. The maximum atomic E-state index is 13.2. The van der Waals surface area contributed by atoms with Gasteiger partial charge in [0.15, 0.2) is 0 Å². The zero-order valence-corrected chi connectivity index (χ0v) is 16.8. The van der Waals surface area contributed by atoms with Crippen LogP contribution in [0.1, 0.15) is 15.9 Å². The van der Waals surface area contributed by atoms with Gasteiger partial charge in [0.05, 0.1) is 22.6 Å². The molecule has 3 heterocycles. The third-order valence-electron chi connectivity index (χ3n) is 5.60. The molecular formula is C22H17F3N4O3. The van der Waals surface area contributed by atoms with E-state index in [2.05, 4.69) is 5.10 Å². The Morgan fingerprint density at radius 2 is 1.78 bits per heavy atom. The van der Waals surface area contributed by atoms with Gasteiger partial charge in [0.1, 0.15) is 5.52 Å². The molecule has 1 amide bonds. The number of likely N-dealkylation sites (tertiary alicyclic amines) is 1. The van der Waals surface area contributed by atoms with Crippen molar-refractivity contribution in [3.63, 3.8) is 0 Å². The molecule has 1 fully saturated rings. The lowest BCUT2D eigenvalue weighted by Crippen LogP contribution is -2.53. The van der Waals surface area contributed by atoms with Crippen molar-refractivity contribution in [2.45, 2.75) is 12.3 Å². The van der Waals surface area contributed by atoms with E-state index in [1.807, 2.05) is 0 Å². The van der Waals surface area contributed by atoms with E-state index in [9.17, 15) is 27.9 Å². The smallest absolute Gasteiger partial charge is 0.389 e. The number of aryl methyl sites for hydroxylation is 1. The van der Waals surface area contributed by atoms with Crippen molar-refractivity contribution >= 4 is 27.7 Å². The molecule has 7 nitrogen and oxygen atoms in total. The Morgan fingerprint density at radius 1 is 1.09 bits per heavy atom. The van der Waals surface area contributed by atoms with E-state index in [4.69, 9.17) is 0 Å². The number of halogens is 3. The zero-order chi connectivity index (χ0) is 22.8. The predicted octanol–water partition coefficient (Wildman–Crippen LogP) is 2.71. The van der Waals surface area contributed by atoms with E-state index >= 15 is 0 Å². The summed E-state index contributed by atoms with van der Waals surface area (Å²) in [5.74, 6) is -0.256. The zero-order valence-electron chi connectivity index (χ0n) is 16.8. The van der Waals surface area contributed by atoms with E-state index in [1.54, 1.807) is 25.2 Å². The maximum Gasteiger partial charge on any atom is 0.416 e. The first-order valence-corrected chi connectivity index (χ1v) is 9.80. The van der Waals surface area contributed by atoms with Crippen LogP contribution in [0, 0.1) is 0 Å². The van der Waals surface area contributed by atoms with Gasteiger partial charge in [-0.05, 0) is 42.5 Å². The number of aliphatic hydroxyl groups excluding tert-OH is 1. The van der Waals surface area contributed by atoms with E-state index in [-0.39, 0.29) is 30.1 Å². The van der Waals surface area contributed by atoms with Crippen LogP contribution in [0.3, 0.4) is 0 Å². The summed E-state index contributed by atoms with van der Waals surface area (Å²) in [6, 6.07) is 9.11. The van der Waals surface area contributed by atoms with Crippen molar-refractivity contribution in [3.8, 4) is 5.69 Å². The first-order valence-electron chi connectivity index (χ1n) is 9.80. The lowest BCUT2D eigenvalue weighted by molar-refractivity contribution is -0.137. The number of pyridine rings is 1. The number of alkyl halides is 3. The highest BCUT2D eigenvalue weighted by atomic mass is 19.4. The number of aliphatic hydroxyl groups is 1. The number of hydrogen-bond donors (Lipinski definition) is 1. The van der Waals surface area contributed by atoms with Gasteiger partial charge in [0, 0.05) is 43.0 Å². The summed E-state index contributed by atoms with van der Waals surface area (Å²) < 4.78 is 41.7. The van der Waals surface area contributed by atoms with Gasteiger partial charge in [-0.2, -0.15) is 18.3 Å². The summed E-state index contributed by atoms with van der Waals surface area (Å²) in [7, 11) is 1.66. The first-order chi connectivity index (χ1) is 15.1. The molecule has 10 heteroatoms. The highest BCUT2D eigenvalue weighted by molar-refractivity contribution is 6.07. The Bertz CT molecular complexity index is 1430. The molecular weight excluding hydrogens is 425 g/mol. The topological polar surface area (TPSA) is 80.4 Å². The van der Waals surface area contributed by atoms with Gasteiger partial charge < -0.3 is 10.0 Å². The highest BCUT2D eigenvalue weighted by Gasteiger charge is 2.31. The number of benzene rings is 2. The van der Waals surface area contributed by atoms with Gasteiger partial charge >= 0.3 is 6.18 Å². The minimum atomic E-state index is -4.49.